The molecule has 0 radical (unpaired) electrons. The second-order valence-corrected chi connectivity index (χ2v) is 10.7. The zero-order valence-corrected chi connectivity index (χ0v) is 23.9. The molecule has 0 bridgehead atoms. The molecule has 1 saturated heterocycles. The van der Waals surface area contributed by atoms with Crippen molar-refractivity contribution in [1.82, 2.24) is 43.9 Å². The molecule has 13 nitrogen and oxygen atoms in total. The van der Waals surface area contributed by atoms with E-state index in [-0.39, 0.29) is 28.5 Å². The molecule has 1 unspecified atom stereocenters. The standard InChI is InChI=1S/C30H29N11O2/c1-37(2)28(43)24-18-39(16-15-38(24)3)20-11-9-19(10-12-20)34-29-33-17-22-25(36-29)35-26-21-7-4-5-8-23(21)40(41(26)27(22)42)30-31-13-6-14-32-30/h4-14,17,24H,15-16,18H2,1-3H3,(H,33,34,36). The molecular formula is C30H29N11O2. The number of carbonyl (C=O) groups is 1. The SMILES string of the molecule is CN(C)C(=O)C1CN(c2ccc(Nc3ncc4c(=O)n5c(nc4n3)c3ccccc3n5-c3ncccn3)cc2)CCN1C. The molecule has 1 amide bonds. The highest BCUT2D eigenvalue weighted by atomic mass is 16.2. The van der Waals surface area contributed by atoms with Crippen molar-refractivity contribution in [2.75, 3.05) is 51.0 Å². The number of likely N-dealkylation sites (N-methyl/N-ethyl adjacent to an activating group) is 2. The number of nitrogens with zero attached hydrogens (tertiary/aromatic N) is 10. The van der Waals surface area contributed by atoms with Crippen molar-refractivity contribution in [3.8, 4) is 5.95 Å². The summed E-state index contributed by atoms with van der Waals surface area (Å²) in [5.74, 6) is 0.779. The van der Waals surface area contributed by atoms with E-state index in [0.29, 0.717) is 24.1 Å². The van der Waals surface area contributed by atoms with E-state index in [1.54, 1.807) is 42.1 Å². The lowest BCUT2D eigenvalue weighted by molar-refractivity contribution is -0.134. The predicted molar refractivity (Wildman–Crippen MR) is 164 cm³/mol. The Kier molecular flexibility index (Phi) is 6.43. The Bertz CT molecular complexity index is 2040. The molecule has 2 aromatic carbocycles. The van der Waals surface area contributed by atoms with Crippen LogP contribution in [0, 0.1) is 0 Å². The molecule has 6 aromatic rings. The minimum atomic E-state index is -0.321. The fraction of sp³-hybridized carbons (Fsp3) is 0.233. The zero-order valence-electron chi connectivity index (χ0n) is 23.9. The summed E-state index contributed by atoms with van der Waals surface area (Å²) in [7, 11) is 5.57. The number of nitrogens with one attached hydrogen (secondary N) is 1. The van der Waals surface area contributed by atoms with E-state index in [1.165, 1.54) is 10.7 Å². The highest BCUT2D eigenvalue weighted by molar-refractivity contribution is 5.95. The van der Waals surface area contributed by atoms with Crippen LogP contribution in [0.5, 0.6) is 0 Å². The van der Waals surface area contributed by atoms with Crippen molar-refractivity contribution in [1.29, 1.82) is 0 Å². The second kappa shape index (κ2) is 10.4. The molecule has 13 heteroatoms. The fourth-order valence-corrected chi connectivity index (χ4v) is 5.50. The van der Waals surface area contributed by atoms with Crippen LogP contribution in [-0.4, -0.2) is 96.6 Å². The number of hydrogen-bond acceptors (Lipinski definition) is 10. The summed E-state index contributed by atoms with van der Waals surface area (Å²) in [6.45, 7) is 2.25. The van der Waals surface area contributed by atoms with Gasteiger partial charge in [-0.25, -0.2) is 24.6 Å². The number of anilines is 3. The van der Waals surface area contributed by atoms with Crippen LogP contribution in [0.15, 0.2) is 78.0 Å². The van der Waals surface area contributed by atoms with Gasteiger partial charge in [-0.1, -0.05) is 12.1 Å². The highest BCUT2D eigenvalue weighted by Gasteiger charge is 2.31. The van der Waals surface area contributed by atoms with Crippen molar-refractivity contribution in [3.63, 3.8) is 0 Å². The van der Waals surface area contributed by atoms with Crippen LogP contribution in [0.3, 0.4) is 0 Å². The van der Waals surface area contributed by atoms with Crippen LogP contribution < -0.4 is 15.8 Å². The van der Waals surface area contributed by atoms with Crippen molar-refractivity contribution < 1.29 is 4.79 Å². The molecule has 216 valence electrons. The molecular weight excluding hydrogens is 546 g/mol. The molecule has 1 fully saturated rings. The maximum atomic E-state index is 13.7. The summed E-state index contributed by atoms with van der Waals surface area (Å²) in [5, 5.41) is 4.27. The van der Waals surface area contributed by atoms with Crippen molar-refractivity contribution in [2.24, 2.45) is 0 Å². The Labute approximate surface area is 246 Å². The smallest absolute Gasteiger partial charge is 0.284 e. The van der Waals surface area contributed by atoms with Gasteiger partial charge in [-0.15, -0.1) is 0 Å². The van der Waals surface area contributed by atoms with Gasteiger partial charge in [-0.2, -0.15) is 9.50 Å². The van der Waals surface area contributed by atoms with Gasteiger partial charge >= 0.3 is 0 Å². The lowest BCUT2D eigenvalue weighted by atomic mass is 10.1. The largest absolute Gasteiger partial charge is 0.368 e. The van der Waals surface area contributed by atoms with Crippen molar-refractivity contribution >= 4 is 50.8 Å². The first-order chi connectivity index (χ1) is 20.9. The lowest BCUT2D eigenvalue weighted by Crippen LogP contribution is -2.57. The summed E-state index contributed by atoms with van der Waals surface area (Å²) in [4.78, 5) is 54.9. The van der Waals surface area contributed by atoms with Gasteiger partial charge in [0.1, 0.15) is 11.4 Å². The summed E-state index contributed by atoms with van der Waals surface area (Å²) < 4.78 is 3.12. The number of benzene rings is 2. The van der Waals surface area contributed by atoms with Gasteiger partial charge in [0, 0.05) is 69.1 Å². The molecule has 4 aromatic heterocycles. The first-order valence-corrected chi connectivity index (χ1v) is 13.9. The Morgan fingerprint density at radius 3 is 2.47 bits per heavy atom. The lowest BCUT2D eigenvalue weighted by Gasteiger charge is -2.40. The Hall–Kier alpha value is -5.43. The number of para-hydroxylation sites is 1. The normalized spacial score (nSPS) is 15.8. The van der Waals surface area contributed by atoms with Crippen molar-refractivity contribution in [2.45, 2.75) is 6.04 Å². The number of piperazine rings is 1. The molecule has 0 saturated carbocycles. The van der Waals surface area contributed by atoms with Gasteiger partial charge in [-0.3, -0.25) is 14.5 Å². The summed E-state index contributed by atoms with van der Waals surface area (Å²) >= 11 is 0. The van der Waals surface area contributed by atoms with E-state index < -0.39 is 0 Å². The first kappa shape index (κ1) is 26.5. The van der Waals surface area contributed by atoms with E-state index in [1.807, 2.05) is 55.6 Å². The van der Waals surface area contributed by atoms with Gasteiger partial charge in [0.15, 0.2) is 11.3 Å². The molecule has 1 aliphatic rings. The predicted octanol–water partition coefficient (Wildman–Crippen LogP) is 2.32. The average molecular weight is 576 g/mol. The summed E-state index contributed by atoms with van der Waals surface area (Å²) in [5.41, 5.74) is 2.98. The third-order valence-electron chi connectivity index (χ3n) is 7.78. The van der Waals surface area contributed by atoms with Crippen LogP contribution in [0.25, 0.3) is 33.5 Å². The van der Waals surface area contributed by atoms with Gasteiger partial charge in [0.25, 0.3) is 5.56 Å². The van der Waals surface area contributed by atoms with Crippen LogP contribution in [-0.2, 0) is 4.79 Å². The fourth-order valence-electron chi connectivity index (χ4n) is 5.50. The van der Waals surface area contributed by atoms with E-state index in [2.05, 4.69) is 35.1 Å². The molecule has 0 aliphatic carbocycles. The quantitative estimate of drug-likeness (QED) is 0.327. The van der Waals surface area contributed by atoms with Crippen molar-refractivity contribution in [3.05, 3.63) is 83.5 Å². The minimum absolute atomic E-state index is 0.0995. The number of hydrogen-bond donors (Lipinski definition) is 1. The zero-order chi connectivity index (χ0) is 29.7. The maximum Gasteiger partial charge on any atom is 0.284 e. The third-order valence-corrected chi connectivity index (χ3v) is 7.78. The van der Waals surface area contributed by atoms with Gasteiger partial charge in [-0.05, 0) is 49.5 Å². The van der Waals surface area contributed by atoms with E-state index in [4.69, 9.17) is 4.98 Å². The molecule has 5 heterocycles. The number of fused-ring (bicyclic) bond motifs is 4. The Morgan fingerprint density at radius 1 is 0.930 bits per heavy atom. The molecule has 0 spiro atoms. The molecule has 1 aliphatic heterocycles. The van der Waals surface area contributed by atoms with E-state index in [0.717, 1.165) is 35.4 Å². The number of rotatable bonds is 5. The monoisotopic (exact) mass is 575 g/mol. The highest BCUT2D eigenvalue weighted by Crippen LogP contribution is 2.25. The molecule has 1 atom stereocenters. The van der Waals surface area contributed by atoms with E-state index in [9.17, 15) is 9.59 Å². The van der Waals surface area contributed by atoms with Crippen LogP contribution in [0.4, 0.5) is 17.3 Å². The summed E-state index contributed by atoms with van der Waals surface area (Å²) in [6, 6.07) is 17.0. The summed E-state index contributed by atoms with van der Waals surface area (Å²) in [6.07, 6.45) is 4.74. The molecule has 7 rings (SSSR count). The van der Waals surface area contributed by atoms with E-state index >= 15 is 0 Å². The molecule has 43 heavy (non-hydrogen) atoms. The number of amides is 1. The maximum absolute atomic E-state index is 13.7. The minimum Gasteiger partial charge on any atom is -0.368 e. The number of carbonyl (C=O) groups excluding carboxylic acids is 1. The van der Waals surface area contributed by atoms with Crippen LogP contribution >= 0.6 is 0 Å². The Balaban J connectivity index is 1.20. The first-order valence-electron chi connectivity index (χ1n) is 13.9. The van der Waals surface area contributed by atoms with Crippen LogP contribution in [0.2, 0.25) is 0 Å². The average Bonchev–Trinajstić information content (AvgIpc) is 3.36. The number of aromatic nitrogens is 7. The molecule has 1 N–H and O–H groups in total. The van der Waals surface area contributed by atoms with Crippen LogP contribution in [0.1, 0.15) is 0 Å². The Morgan fingerprint density at radius 2 is 1.70 bits per heavy atom. The van der Waals surface area contributed by atoms with Gasteiger partial charge in [0.2, 0.25) is 17.8 Å². The second-order valence-electron chi connectivity index (χ2n) is 10.7. The topological polar surface area (TPSA) is 130 Å². The van der Waals surface area contributed by atoms with Gasteiger partial charge in [0.05, 0.1) is 5.52 Å². The third kappa shape index (κ3) is 4.59. The van der Waals surface area contributed by atoms with Gasteiger partial charge < -0.3 is 15.1 Å².